The zero-order chi connectivity index (χ0) is 5.70. The van der Waals surface area contributed by atoms with E-state index in [2.05, 4.69) is 23.0 Å². The first-order valence-electron chi connectivity index (χ1n) is 1.74. The molecule has 7 heavy (non-hydrogen) atoms. The number of hydrogen-bond acceptors (Lipinski definition) is 3. The van der Waals surface area contributed by atoms with Gasteiger partial charge in [0, 0.05) is 6.72 Å². The molecule has 0 aromatic carbocycles. The number of nitrogens with zero attached hydrogens (tertiary/aromatic N) is 1. The molecule has 0 saturated heterocycles. The molecule has 0 spiro atoms. The van der Waals surface area contributed by atoms with E-state index in [1.165, 1.54) is 0 Å². The van der Waals surface area contributed by atoms with Crippen molar-refractivity contribution in [2.75, 3.05) is 6.54 Å². The van der Waals surface area contributed by atoms with Crippen LogP contribution in [0.15, 0.2) is 5.10 Å². The zero-order valence-electron chi connectivity index (χ0n) is 3.85. The Kier molecular flexibility index (Phi) is 2.67. The molecule has 0 bridgehead atoms. The third-order valence-electron chi connectivity index (χ3n) is 0.365. The molecule has 1 amide bonds. The minimum Gasteiger partial charge on any atom is -0.368 e. The lowest BCUT2D eigenvalue weighted by molar-refractivity contribution is -0.117. The standard InChI is InChI=1S/C3H7N3O/c1-5-6-2-3(4)7/h6H,1-2H2,(H2,4,7). The topological polar surface area (TPSA) is 67.5 Å². The van der Waals surface area contributed by atoms with Crippen LogP contribution in [0.5, 0.6) is 0 Å². The number of hydrazone groups is 1. The summed E-state index contributed by atoms with van der Waals surface area (Å²) in [5, 5.41) is 3.18. The smallest absolute Gasteiger partial charge is 0.238 e. The molecule has 0 aliphatic rings. The fourth-order valence-electron chi connectivity index (χ4n) is 0.134. The van der Waals surface area contributed by atoms with Crippen molar-refractivity contribution < 1.29 is 4.79 Å². The van der Waals surface area contributed by atoms with Crippen molar-refractivity contribution in [3.63, 3.8) is 0 Å². The molecule has 0 saturated carbocycles. The van der Waals surface area contributed by atoms with E-state index in [0.29, 0.717) is 0 Å². The van der Waals surface area contributed by atoms with Crippen LogP contribution in [-0.2, 0) is 4.79 Å². The van der Waals surface area contributed by atoms with Crippen LogP contribution in [0.3, 0.4) is 0 Å². The Morgan fingerprint density at radius 2 is 2.57 bits per heavy atom. The summed E-state index contributed by atoms with van der Waals surface area (Å²) in [5.74, 6) is -0.438. The van der Waals surface area contributed by atoms with Gasteiger partial charge in [0.25, 0.3) is 0 Å². The molecule has 0 aromatic rings. The van der Waals surface area contributed by atoms with Crippen molar-refractivity contribution in [2.45, 2.75) is 0 Å². The van der Waals surface area contributed by atoms with E-state index >= 15 is 0 Å². The highest BCUT2D eigenvalue weighted by molar-refractivity contribution is 5.75. The summed E-state index contributed by atoms with van der Waals surface area (Å²) in [6.45, 7) is 3.12. The first-order chi connectivity index (χ1) is 3.27. The zero-order valence-corrected chi connectivity index (χ0v) is 3.85. The molecule has 0 aliphatic carbocycles. The van der Waals surface area contributed by atoms with Crippen LogP contribution in [0.2, 0.25) is 0 Å². The van der Waals surface area contributed by atoms with Gasteiger partial charge < -0.3 is 11.2 Å². The van der Waals surface area contributed by atoms with Crippen molar-refractivity contribution in [2.24, 2.45) is 10.8 Å². The van der Waals surface area contributed by atoms with Crippen molar-refractivity contribution >= 4 is 12.6 Å². The predicted molar refractivity (Wildman–Crippen MR) is 26.7 cm³/mol. The molecule has 0 heterocycles. The van der Waals surface area contributed by atoms with E-state index < -0.39 is 5.91 Å². The molecular formula is C3H7N3O. The van der Waals surface area contributed by atoms with Gasteiger partial charge in [-0.1, -0.05) is 0 Å². The summed E-state index contributed by atoms with van der Waals surface area (Å²) in [5.41, 5.74) is 6.98. The van der Waals surface area contributed by atoms with Crippen LogP contribution in [0.4, 0.5) is 0 Å². The van der Waals surface area contributed by atoms with E-state index in [1.54, 1.807) is 0 Å². The first kappa shape index (κ1) is 5.94. The second-order valence-corrected chi connectivity index (χ2v) is 0.959. The highest BCUT2D eigenvalue weighted by Crippen LogP contribution is 1.51. The molecular weight excluding hydrogens is 94.1 g/mol. The number of hydrogen-bond donors (Lipinski definition) is 2. The van der Waals surface area contributed by atoms with E-state index in [-0.39, 0.29) is 6.54 Å². The van der Waals surface area contributed by atoms with Crippen molar-refractivity contribution in [1.29, 1.82) is 0 Å². The third-order valence-corrected chi connectivity index (χ3v) is 0.365. The van der Waals surface area contributed by atoms with Gasteiger partial charge in [-0.3, -0.25) is 4.79 Å². The molecule has 0 aromatic heterocycles. The summed E-state index contributed by atoms with van der Waals surface area (Å²) in [6.07, 6.45) is 0. The normalized spacial score (nSPS) is 7.43. The van der Waals surface area contributed by atoms with Crippen LogP contribution >= 0.6 is 0 Å². The molecule has 3 N–H and O–H groups in total. The number of nitrogens with two attached hydrogens (primary N) is 1. The van der Waals surface area contributed by atoms with Gasteiger partial charge in [-0.05, 0) is 0 Å². The number of nitrogens with one attached hydrogen (secondary N) is 1. The molecule has 0 aliphatic heterocycles. The van der Waals surface area contributed by atoms with Gasteiger partial charge in [0.15, 0.2) is 0 Å². The molecule has 0 radical (unpaired) electrons. The average molecular weight is 101 g/mol. The monoisotopic (exact) mass is 101 g/mol. The summed E-state index contributed by atoms with van der Waals surface area (Å²) >= 11 is 0. The van der Waals surface area contributed by atoms with Crippen LogP contribution in [0.1, 0.15) is 0 Å². The fraction of sp³-hybridized carbons (Fsp3) is 0.333. The Hall–Kier alpha value is -1.06. The Bertz CT molecular complexity index is 80.2. The summed E-state index contributed by atoms with van der Waals surface area (Å²) in [7, 11) is 0. The summed E-state index contributed by atoms with van der Waals surface area (Å²) in [4.78, 5) is 9.83. The largest absolute Gasteiger partial charge is 0.368 e. The lowest BCUT2D eigenvalue weighted by atomic mass is 10.7. The highest BCUT2D eigenvalue weighted by atomic mass is 16.1. The number of primary amides is 1. The fourth-order valence-corrected chi connectivity index (χ4v) is 0.134. The number of rotatable bonds is 3. The number of amides is 1. The first-order valence-corrected chi connectivity index (χ1v) is 1.74. The molecule has 4 heteroatoms. The van der Waals surface area contributed by atoms with Gasteiger partial charge in [-0.25, -0.2) is 0 Å². The van der Waals surface area contributed by atoms with Crippen LogP contribution in [-0.4, -0.2) is 19.2 Å². The van der Waals surface area contributed by atoms with Gasteiger partial charge in [0.05, 0.1) is 0 Å². The Balaban J connectivity index is 2.97. The maximum Gasteiger partial charge on any atom is 0.238 e. The summed E-state index contributed by atoms with van der Waals surface area (Å²) in [6, 6.07) is 0. The number of carbonyl (C=O) groups excluding carboxylic acids is 1. The van der Waals surface area contributed by atoms with Crippen LogP contribution in [0.25, 0.3) is 0 Å². The Labute approximate surface area is 41.4 Å². The van der Waals surface area contributed by atoms with E-state index in [0.717, 1.165) is 0 Å². The van der Waals surface area contributed by atoms with Crippen LogP contribution in [0, 0.1) is 0 Å². The highest BCUT2D eigenvalue weighted by Gasteiger charge is 1.84. The van der Waals surface area contributed by atoms with E-state index in [1.807, 2.05) is 0 Å². The van der Waals surface area contributed by atoms with Gasteiger partial charge in [0.2, 0.25) is 5.91 Å². The number of carbonyl (C=O) groups is 1. The maximum atomic E-state index is 9.83. The second-order valence-electron chi connectivity index (χ2n) is 0.959. The average Bonchev–Trinajstić information content (AvgIpc) is 1.61. The third kappa shape index (κ3) is 4.94. The molecule has 0 atom stereocenters. The quantitative estimate of drug-likeness (QED) is 0.342. The second kappa shape index (κ2) is 3.14. The molecule has 40 valence electrons. The van der Waals surface area contributed by atoms with E-state index in [4.69, 9.17) is 0 Å². The Morgan fingerprint density at radius 1 is 2.00 bits per heavy atom. The molecule has 0 rings (SSSR count). The van der Waals surface area contributed by atoms with Gasteiger partial charge in [-0.15, -0.1) is 0 Å². The molecule has 0 fully saturated rings. The lowest BCUT2D eigenvalue weighted by Crippen LogP contribution is -2.24. The molecule has 0 unspecified atom stereocenters. The molecule has 4 nitrogen and oxygen atoms in total. The van der Waals surface area contributed by atoms with Gasteiger partial charge in [-0.2, -0.15) is 5.10 Å². The summed E-state index contributed by atoms with van der Waals surface area (Å²) < 4.78 is 0. The minimum atomic E-state index is -0.438. The lowest BCUT2D eigenvalue weighted by Gasteiger charge is -1.89. The predicted octanol–water partition coefficient (Wildman–Crippen LogP) is -1.32. The van der Waals surface area contributed by atoms with E-state index in [9.17, 15) is 4.79 Å². The van der Waals surface area contributed by atoms with Crippen molar-refractivity contribution in [3.8, 4) is 0 Å². The van der Waals surface area contributed by atoms with Crippen molar-refractivity contribution in [1.82, 2.24) is 5.43 Å². The van der Waals surface area contributed by atoms with Gasteiger partial charge >= 0.3 is 0 Å². The maximum absolute atomic E-state index is 9.83. The van der Waals surface area contributed by atoms with Crippen molar-refractivity contribution in [3.05, 3.63) is 0 Å². The van der Waals surface area contributed by atoms with Crippen LogP contribution < -0.4 is 11.2 Å². The SMILES string of the molecule is C=NNCC(N)=O. The van der Waals surface area contributed by atoms with Gasteiger partial charge in [0.1, 0.15) is 6.54 Å². The minimum absolute atomic E-state index is 0.0590. The Morgan fingerprint density at radius 3 is 2.71 bits per heavy atom.